The molecule has 0 fully saturated rings. The van der Waals surface area contributed by atoms with Crippen LogP contribution in [0.4, 0.5) is 28.0 Å². The van der Waals surface area contributed by atoms with Crippen LogP contribution in [0.5, 0.6) is 0 Å². The summed E-state index contributed by atoms with van der Waals surface area (Å²) in [7, 11) is 0. The van der Waals surface area contributed by atoms with Crippen molar-refractivity contribution in [3.63, 3.8) is 0 Å². The van der Waals surface area contributed by atoms with E-state index in [9.17, 15) is 22.4 Å². The maximum Gasteiger partial charge on any atom is 0.416 e. The van der Waals surface area contributed by atoms with E-state index in [1.165, 1.54) is 25.3 Å². The molecule has 1 atom stereocenters. The first-order valence-electron chi connectivity index (χ1n) is 8.72. The fraction of sp³-hybridized carbons (Fsp3) is 0.143. The largest absolute Gasteiger partial charge is 0.416 e. The summed E-state index contributed by atoms with van der Waals surface area (Å²) in [6, 6.07) is 12.8. The van der Waals surface area contributed by atoms with Gasteiger partial charge in [-0.1, -0.05) is 29.8 Å². The molecule has 156 valence electrons. The predicted molar refractivity (Wildman–Crippen MR) is 106 cm³/mol. The van der Waals surface area contributed by atoms with E-state index in [4.69, 9.17) is 11.6 Å². The van der Waals surface area contributed by atoms with Crippen molar-refractivity contribution in [2.45, 2.75) is 18.6 Å². The van der Waals surface area contributed by atoms with Crippen molar-refractivity contribution < 1.29 is 22.4 Å². The Morgan fingerprint density at radius 2 is 1.67 bits per heavy atom. The Morgan fingerprint density at radius 1 is 1.00 bits per heavy atom. The molecule has 2 N–H and O–H groups in total. The third-order valence-electron chi connectivity index (χ3n) is 4.44. The highest BCUT2D eigenvalue weighted by Crippen LogP contribution is 2.35. The molecule has 3 aromatic rings. The molecule has 0 spiro atoms. The van der Waals surface area contributed by atoms with E-state index in [0.29, 0.717) is 16.8 Å². The van der Waals surface area contributed by atoms with Gasteiger partial charge in [0.15, 0.2) is 0 Å². The monoisotopic (exact) mass is 437 g/mol. The van der Waals surface area contributed by atoms with Crippen LogP contribution in [-0.4, -0.2) is 11.0 Å². The Bertz CT molecular complexity index is 1040. The smallest absolute Gasteiger partial charge is 0.323 e. The van der Waals surface area contributed by atoms with Gasteiger partial charge in [-0.25, -0.2) is 9.18 Å². The zero-order valence-electron chi connectivity index (χ0n) is 15.6. The second-order valence-electron chi connectivity index (χ2n) is 6.66. The van der Waals surface area contributed by atoms with E-state index in [1.807, 2.05) is 0 Å². The van der Waals surface area contributed by atoms with Crippen LogP contribution in [-0.2, 0) is 11.7 Å². The topological polar surface area (TPSA) is 54.0 Å². The molecule has 1 unspecified atom stereocenters. The molecule has 0 bridgehead atoms. The highest BCUT2D eigenvalue weighted by atomic mass is 35.5. The number of para-hydroxylation sites is 1. The van der Waals surface area contributed by atoms with E-state index in [1.54, 1.807) is 30.3 Å². The van der Waals surface area contributed by atoms with E-state index >= 15 is 0 Å². The number of halogens is 5. The summed E-state index contributed by atoms with van der Waals surface area (Å²) in [5.74, 6) is -1.09. The number of anilines is 1. The van der Waals surface area contributed by atoms with Gasteiger partial charge in [0.25, 0.3) is 0 Å². The van der Waals surface area contributed by atoms with Crippen molar-refractivity contribution in [3.05, 3.63) is 94.5 Å². The Labute approximate surface area is 174 Å². The van der Waals surface area contributed by atoms with Crippen LogP contribution in [0.25, 0.3) is 0 Å². The Kier molecular flexibility index (Phi) is 5.98. The van der Waals surface area contributed by atoms with Crippen molar-refractivity contribution in [3.8, 4) is 0 Å². The van der Waals surface area contributed by atoms with Gasteiger partial charge >= 0.3 is 12.2 Å². The normalized spacial score (nSPS) is 13.4. The third-order valence-corrected chi connectivity index (χ3v) is 4.66. The molecule has 0 saturated carbocycles. The first-order chi connectivity index (χ1) is 14.1. The molecule has 1 aromatic heterocycles. The predicted octanol–water partition coefficient (Wildman–Crippen LogP) is 5.98. The minimum atomic E-state index is -4.77. The summed E-state index contributed by atoms with van der Waals surface area (Å²) in [5.41, 5.74) is -2.26. The number of hydrogen-bond acceptors (Lipinski definition) is 2. The van der Waals surface area contributed by atoms with Crippen molar-refractivity contribution in [1.82, 2.24) is 10.3 Å². The van der Waals surface area contributed by atoms with Gasteiger partial charge in [-0.2, -0.15) is 13.2 Å². The van der Waals surface area contributed by atoms with Crippen LogP contribution in [0, 0.1) is 5.82 Å². The SMILES string of the molecule is CC(NC(=O)Nc1ccccc1)(c1cc(F)cc(C(F)(F)F)c1)c1ccc(Cl)cn1. The van der Waals surface area contributed by atoms with Crippen LogP contribution < -0.4 is 10.6 Å². The number of hydrogen-bond donors (Lipinski definition) is 2. The van der Waals surface area contributed by atoms with Gasteiger partial charge in [0.05, 0.1) is 16.3 Å². The second-order valence-corrected chi connectivity index (χ2v) is 7.09. The zero-order chi connectivity index (χ0) is 21.9. The number of aromatic nitrogens is 1. The molecule has 3 rings (SSSR count). The van der Waals surface area contributed by atoms with Gasteiger partial charge in [-0.05, 0) is 55.0 Å². The van der Waals surface area contributed by atoms with Crippen molar-refractivity contribution >= 4 is 23.3 Å². The molecule has 9 heteroatoms. The summed E-state index contributed by atoms with van der Waals surface area (Å²) in [6.45, 7) is 1.43. The summed E-state index contributed by atoms with van der Waals surface area (Å²) in [4.78, 5) is 16.7. The van der Waals surface area contributed by atoms with Crippen molar-refractivity contribution in [2.75, 3.05) is 5.32 Å². The molecule has 0 radical (unpaired) electrons. The molecule has 0 saturated heterocycles. The molecular formula is C21H16ClF4N3O. The number of urea groups is 1. The molecule has 2 amide bonds. The van der Waals surface area contributed by atoms with Crippen LogP contribution in [0.3, 0.4) is 0 Å². The number of benzene rings is 2. The van der Waals surface area contributed by atoms with Gasteiger partial charge in [0.2, 0.25) is 0 Å². The summed E-state index contributed by atoms with van der Waals surface area (Å²) in [5, 5.41) is 5.49. The van der Waals surface area contributed by atoms with E-state index in [-0.39, 0.29) is 11.3 Å². The first kappa shape index (κ1) is 21.6. The standard InChI is InChI=1S/C21H16ClF4N3O/c1-20(18-8-7-15(22)12-27-18,29-19(30)28-17-5-3-2-4-6-17)13-9-14(21(24,25)26)11-16(23)10-13/h2-12H,1H3,(H2,28,29,30). The van der Waals surface area contributed by atoms with Crippen LogP contribution in [0.1, 0.15) is 23.7 Å². The fourth-order valence-electron chi connectivity index (χ4n) is 2.91. The number of amides is 2. The Hall–Kier alpha value is -3.13. The van der Waals surface area contributed by atoms with Crippen molar-refractivity contribution in [2.24, 2.45) is 0 Å². The highest BCUT2D eigenvalue weighted by molar-refractivity contribution is 6.30. The molecule has 0 aliphatic rings. The molecule has 30 heavy (non-hydrogen) atoms. The van der Waals surface area contributed by atoms with Gasteiger partial charge in [0, 0.05) is 11.9 Å². The van der Waals surface area contributed by atoms with E-state index < -0.39 is 29.1 Å². The maximum atomic E-state index is 14.1. The summed E-state index contributed by atoms with van der Waals surface area (Å²) >= 11 is 5.86. The number of pyridine rings is 1. The molecule has 1 heterocycles. The van der Waals surface area contributed by atoms with Crippen molar-refractivity contribution in [1.29, 1.82) is 0 Å². The number of alkyl halides is 3. The molecule has 2 aromatic carbocycles. The van der Waals surface area contributed by atoms with Gasteiger partial charge in [-0.15, -0.1) is 0 Å². The number of carbonyl (C=O) groups is 1. The fourth-order valence-corrected chi connectivity index (χ4v) is 3.02. The van der Waals surface area contributed by atoms with Crippen LogP contribution in [0.15, 0.2) is 66.9 Å². The van der Waals surface area contributed by atoms with E-state index in [0.717, 1.165) is 12.1 Å². The molecule has 4 nitrogen and oxygen atoms in total. The number of rotatable bonds is 4. The minimum Gasteiger partial charge on any atom is -0.323 e. The Morgan fingerprint density at radius 3 is 2.27 bits per heavy atom. The summed E-state index contributed by atoms with van der Waals surface area (Å²) < 4.78 is 53.8. The maximum absolute atomic E-state index is 14.1. The molecule has 0 aliphatic heterocycles. The van der Waals surface area contributed by atoms with Gasteiger partial charge in [-0.3, -0.25) is 4.98 Å². The number of carbonyl (C=O) groups excluding carboxylic acids is 1. The first-order valence-corrected chi connectivity index (χ1v) is 9.10. The van der Waals surface area contributed by atoms with Gasteiger partial charge in [0.1, 0.15) is 11.4 Å². The lowest BCUT2D eigenvalue weighted by Gasteiger charge is -2.31. The van der Waals surface area contributed by atoms with E-state index in [2.05, 4.69) is 15.6 Å². The molecule has 0 aliphatic carbocycles. The average Bonchev–Trinajstić information content (AvgIpc) is 2.68. The zero-order valence-corrected chi connectivity index (χ0v) is 16.4. The minimum absolute atomic E-state index is 0.132. The average molecular weight is 438 g/mol. The second kappa shape index (κ2) is 8.31. The number of nitrogens with one attached hydrogen (secondary N) is 2. The van der Waals surface area contributed by atoms with Gasteiger partial charge < -0.3 is 10.6 Å². The lowest BCUT2D eigenvalue weighted by molar-refractivity contribution is -0.137. The lowest BCUT2D eigenvalue weighted by Crippen LogP contribution is -2.47. The van der Waals surface area contributed by atoms with Crippen LogP contribution >= 0.6 is 11.6 Å². The highest BCUT2D eigenvalue weighted by Gasteiger charge is 2.37. The quantitative estimate of drug-likeness (QED) is 0.493. The third kappa shape index (κ3) is 4.88. The Balaban J connectivity index is 2.05. The number of nitrogens with zero attached hydrogens (tertiary/aromatic N) is 1. The molecular weight excluding hydrogens is 422 g/mol. The lowest BCUT2D eigenvalue weighted by atomic mass is 9.87. The van der Waals surface area contributed by atoms with Crippen LogP contribution in [0.2, 0.25) is 5.02 Å². The summed E-state index contributed by atoms with van der Waals surface area (Å²) in [6.07, 6.45) is -3.48.